The maximum absolute atomic E-state index is 13.4. The third-order valence-corrected chi connectivity index (χ3v) is 9.45. The second kappa shape index (κ2) is 14.0. The van der Waals surface area contributed by atoms with Gasteiger partial charge in [0, 0.05) is 64.2 Å². The molecule has 1 aliphatic carbocycles. The van der Waals surface area contributed by atoms with Crippen LogP contribution < -0.4 is 15.0 Å². The molecular weight excluding hydrogens is 602 g/mol. The van der Waals surface area contributed by atoms with E-state index in [1.165, 1.54) is 17.5 Å². The van der Waals surface area contributed by atoms with Gasteiger partial charge in [0.05, 0.1) is 31.1 Å². The van der Waals surface area contributed by atoms with Crippen molar-refractivity contribution in [2.24, 2.45) is 5.92 Å². The molecule has 0 bridgehead atoms. The predicted molar refractivity (Wildman–Crippen MR) is 172 cm³/mol. The van der Waals surface area contributed by atoms with Crippen molar-refractivity contribution in [3.8, 4) is 5.75 Å². The number of nitrogens with one attached hydrogen (secondary N) is 1. The summed E-state index contributed by atoms with van der Waals surface area (Å²) in [6.45, 7) is 7.95. The van der Waals surface area contributed by atoms with E-state index >= 15 is 0 Å². The highest BCUT2D eigenvalue weighted by Gasteiger charge is 2.35. The molecule has 250 valence electrons. The van der Waals surface area contributed by atoms with E-state index in [4.69, 9.17) is 18.9 Å². The zero-order chi connectivity index (χ0) is 32.3. The van der Waals surface area contributed by atoms with Crippen LogP contribution in [0.4, 0.5) is 11.8 Å². The number of rotatable bonds is 13. The Morgan fingerprint density at radius 2 is 1.91 bits per heavy atom. The number of fused-ring (bicyclic) bond motifs is 1. The van der Waals surface area contributed by atoms with E-state index in [1.54, 1.807) is 6.07 Å². The van der Waals surface area contributed by atoms with Crippen molar-refractivity contribution in [1.82, 2.24) is 24.8 Å². The number of β-amino-alcohol motifs (C(OH)–C–C–N with tert-alkyl or cyclic N) is 1. The number of aryl methyl sites for hydroxylation is 1. The minimum atomic E-state index is -0.642. The number of nitrogens with zero attached hydrogens (tertiary/aromatic N) is 6. The lowest BCUT2D eigenvalue weighted by Crippen LogP contribution is -2.50. The SMILES string of the molecule is Cc1ncoc1COc1ccc2c(c1)CCN(C[C@@H](O)CCC(=O)c1cc(NC3COC3)nc(N3CCN(C(=O)C4CC4)CC3)n1)C2. The number of carbonyl (C=O) groups is 2. The summed E-state index contributed by atoms with van der Waals surface area (Å²) in [6, 6.07) is 7.98. The molecule has 0 spiro atoms. The lowest BCUT2D eigenvalue weighted by molar-refractivity contribution is -0.132. The van der Waals surface area contributed by atoms with E-state index in [-0.39, 0.29) is 30.1 Å². The van der Waals surface area contributed by atoms with Gasteiger partial charge < -0.3 is 34.1 Å². The first-order chi connectivity index (χ1) is 22.9. The molecule has 0 unspecified atom stereocenters. The molecule has 3 fully saturated rings. The number of anilines is 2. The van der Waals surface area contributed by atoms with E-state index in [1.807, 2.05) is 22.8 Å². The molecule has 13 heteroatoms. The van der Waals surface area contributed by atoms with Gasteiger partial charge in [-0.1, -0.05) is 6.07 Å². The van der Waals surface area contributed by atoms with Gasteiger partial charge in [0.15, 0.2) is 17.9 Å². The van der Waals surface area contributed by atoms with Crippen LogP contribution in [0.1, 0.15) is 58.8 Å². The summed E-state index contributed by atoms with van der Waals surface area (Å²) in [5.74, 6) is 2.94. The summed E-state index contributed by atoms with van der Waals surface area (Å²) in [4.78, 5) is 45.6. The number of hydrogen-bond donors (Lipinski definition) is 2. The number of hydrogen-bond acceptors (Lipinski definition) is 12. The normalized spacial score (nSPS) is 19.2. The maximum atomic E-state index is 13.4. The number of Topliss-reactive ketones (excluding diaryl/α,β-unsaturated/α-hetero) is 1. The summed E-state index contributed by atoms with van der Waals surface area (Å²) < 4.78 is 16.6. The molecule has 0 radical (unpaired) electrons. The van der Waals surface area contributed by atoms with E-state index in [2.05, 4.69) is 32.3 Å². The van der Waals surface area contributed by atoms with E-state index in [0.29, 0.717) is 76.4 Å². The first-order valence-corrected chi connectivity index (χ1v) is 16.7. The predicted octanol–water partition coefficient (Wildman–Crippen LogP) is 2.60. The van der Waals surface area contributed by atoms with E-state index < -0.39 is 6.10 Å². The highest BCUT2D eigenvalue weighted by Crippen LogP contribution is 2.31. The minimum absolute atomic E-state index is 0.125. The molecule has 1 amide bonds. The van der Waals surface area contributed by atoms with Crippen LogP contribution in [0.15, 0.2) is 35.1 Å². The number of benzene rings is 1. The average molecular weight is 646 g/mol. The highest BCUT2D eigenvalue weighted by molar-refractivity contribution is 5.95. The van der Waals surface area contributed by atoms with Crippen molar-refractivity contribution in [1.29, 1.82) is 0 Å². The quantitative estimate of drug-likeness (QED) is 0.264. The number of ether oxygens (including phenoxy) is 2. The van der Waals surface area contributed by atoms with Crippen LogP contribution in [0.5, 0.6) is 5.75 Å². The topological polar surface area (TPSA) is 146 Å². The van der Waals surface area contributed by atoms with Crippen molar-refractivity contribution in [2.75, 3.05) is 62.7 Å². The van der Waals surface area contributed by atoms with Gasteiger partial charge >= 0.3 is 0 Å². The third-order valence-electron chi connectivity index (χ3n) is 9.45. The molecule has 13 nitrogen and oxygen atoms in total. The lowest BCUT2D eigenvalue weighted by atomic mass is 9.98. The Morgan fingerprint density at radius 1 is 1.09 bits per heavy atom. The van der Waals surface area contributed by atoms with Crippen LogP contribution in [0.3, 0.4) is 0 Å². The number of carbonyl (C=O) groups excluding carboxylic acids is 2. The Kier molecular flexibility index (Phi) is 9.37. The molecule has 7 rings (SSSR count). The van der Waals surface area contributed by atoms with Gasteiger partial charge in [-0.05, 0) is 55.9 Å². The van der Waals surface area contributed by atoms with E-state index in [0.717, 1.165) is 49.6 Å². The number of amides is 1. The Morgan fingerprint density at radius 3 is 2.64 bits per heavy atom. The standard InChI is InChI=1S/C34H43N7O6/c1-22-31(47-21-35-22)20-46-28-6-4-25-16-39(9-8-24(25)14-28)17-27(42)5-7-30(43)29-15-32(36-26-18-45-19-26)38-34(37-29)41-12-10-40(11-13-41)33(44)23-2-3-23/h4,6,14-15,21,23,26-27,42H,2-3,5,7-13,16-20H2,1H3,(H,36,37,38)/t27-/m0/s1. The smallest absolute Gasteiger partial charge is 0.228 e. The van der Waals surface area contributed by atoms with E-state index in [9.17, 15) is 14.7 Å². The van der Waals surface area contributed by atoms with Crippen LogP contribution in [0.2, 0.25) is 0 Å². The molecule has 4 aliphatic rings. The fourth-order valence-corrected chi connectivity index (χ4v) is 6.30. The molecule has 1 atom stereocenters. The van der Waals surface area contributed by atoms with Gasteiger partial charge in [-0.3, -0.25) is 14.5 Å². The second-order valence-electron chi connectivity index (χ2n) is 13.1. The van der Waals surface area contributed by atoms with Crippen molar-refractivity contribution in [2.45, 2.75) is 64.3 Å². The maximum Gasteiger partial charge on any atom is 0.228 e. The number of aliphatic hydroxyl groups excluding tert-OH is 1. The molecule has 2 aromatic heterocycles. The number of ketones is 1. The molecule has 1 aromatic carbocycles. The van der Waals surface area contributed by atoms with Gasteiger partial charge in [0.25, 0.3) is 0 Å². The van der Waals surface area contributed by atoms with Gasteiger partial charge in [-0.2, -0.15) is 4.98 Å². The molecule has 1 saturated carbocycles. The van der Waals surface area contributed by atoms with Crippen molar-refractivity contribution < 1.29 is 28.6 Å². The van der Waals surface area contributed by atoms with Crippen molar-refractivity contribution in [3.05, 3.63) is 58.9 Å². The monoisotopic (exact) mass is 645 g/mol. The van der Waals surface area contributed by atoms with Gasteiger partial charge in [-0.15, -0.1) is 0 Å². The summed E-state index contributed by atoms with van der Waals surface area (Å²) in [5.41, 5.74) is 3.62. The second-order valence-corrected chi connectivity index (χ2v) is 13.1. The molecule has 2 N–H and O–H groups in total. The Labute approximate surface area is 274 Å². The fraction of sp³-hybridized carbons (Fsp3) is 0.559. The van der Waals surface area contributed by atoms with Crippen LogP contribution in [-0.4, -0.2) is 106 Å². The minimum Gasteiger partial charge on any atom is -0.486 e. The molecular formula is C34H43N7O6. The summed E-state index contributed by atoms with van der Waals surface area (Å²) in [7, 11) is 0. The van der Waals surface area contributed by atoms with Crippen LogP contribution in [-0.2, 0) is 29.1 Å². The Hall–Kier alpha value is -4.07. The largest absolute Gasteiger partial charge is 0.486 e. The first-order valence-electron chi connectivity index (χ1n) is 16.7. The first kappa shape index (κ1) is 31.5. The van der Waals surface area contributed by atoms with Crippen molar-refractivity contribution >= 4 is 23.5 Å². The summed E-state index contributed by atoms with van der Waals surface area (Å²) in [5, 5.41) is 14.3. The zero-order valence-corrected chi connectivity index (χ0v) is 26.9. The van der Waals surface area contributed by atoms with Crippen LogP contribution in [0, 0.1) is 12.8 Å². The zero-order valence-electron chi connectivity index (χ0n) is 26.9. The van der Waals surface area contributed by atoms with Gasteiger partial charge in [-0.25, -0.2) is 9.97 Å². The summed E-state index contributed by atoms with van der Waals surface area (Å²) in [6.07, 6.45) is 4.16. The van der Waals surface area contributed by atoms with Crippen LogP contribution in [0.25, 0.3) is 0 Å². The highest BCUT2D eigenvalue weighted by atomic mass is 16.5. The molecule has 5 heterocycles. The molecule has 2 saturated heterocycles. The van der Waals surface area contributed by atoms with Crippen LogP contribution >= 0.6 is 0 Å². The molecule has 3 aromatic rings. The molecule has 47 heavy (non-hydrogen) atoms. The Balaban J connectivity index is 0.919. The van der Waals surface area contributed by atoms with Crippen molar-refractivity contribution in [3.63, 3.8) is 0 Å². The molecule has 3 aliphatic heterocycles. The average Bonchev–Trinajstić information content (AvgIpc) is 3.84. The lowest BCUT2D eigenvalue weighted by Gasteiger charge is -2.35. The fourth-order valence-electron chi connectivity index (χ4n) is 6.30. The Bertz CT molecular complexity index is 1580. The number of oxazole rings is 1. The third kappa shape index (κ3) is 7.74. The van der Waals surface area contributed by atoms with Gasteiger partial charge in [0.1, 0.15) is 23.9 Å². The van der Waals surface area contributed by atoms with Gasteiger partial charge in [0.2, 0.25) is 11.9 Å². The number of aliphatic hydroxyl groups is 1. The number of aromatic nitrogens is 3. The number of piperazine rings is 1. The summed E-state index contributed by atoms with van der Waals surface area (Å²) >= 11 is 0.